The fourth-order valence-corrected chi connectivity index (χ4v) is 11.3. The molecule has 2 unspecified atom stereocenters. The summed E-state index contributed by atoms with van der Waals surface area (Å²) in [6.45, 7) is 10.3. The van der Waals surface area contributed by atoms with Crippen molar-refractivity contribution in [3.8, 4) is 0 Å². The average molecular weight is 617 g/mol. The van der Waals surface area contributed by atoms with Crippen LogP contribution in [0.15, 0.2) is 23.0 Å². The van der Waals surface area contributed by atoms with Gasteiger partial charge in [-0.15, -0.1) is 0 Å². The molecule has 1 aromatic rings. The molecule has 242 valence electrons. The molecule has 7 rings (SSSR count). The first-order chi connectivity index (χ1) is 20.7. The summed E-state index contributed by atoms with van der Waals surface area (Å²) in [5.74, 6) is -3.50. The Kier molecular flexibility index (Phi) is 6.47. The molecule has 0 amide bonds. The van der Waals surface area contributed by atoms with Crippen LogP contribution in [0, 0.1) is 39.4 Å². The monoisotopic (exact) mass is 616 g/mol. The average Bonchev–Trinajstić information content (AvgIpc) is 3.34. The lowest BCUT2D eigenvalue weighted by Gasteiger charge is -2.73. The van der Waals surface area contributed by atoms with Crippen LogP contribution in [0.3, 0.4) is 0 Å². The molecule has 2 saturated heterocycles. The number of carbonyl (C=O) groups is 3. The number of ketones is 1. The van der Waals surface area contributed by atoms with Gasteiger partial charge in [0.1, 0.15) is 23.6 Å². The van der Waals surface area contributed by atoms with Gasteiger partial charge in [-0.2, -0.15) is 0 Å². The van der Waals surface area contributed by atoms with Crippen LogP contribution in [0.5, 0.6) is 0 Å². The van der Waals surface area contributed by atoms with Crippen molar-refractivity contribution in [1.29, 1.82) is 0 Å². The topological polar surface area (TPSA) is 165 Å². The van der Waals surface area contributed by atoms with E-state index in [0.717, 1.165) is 5.56 Å². The molecule has 11 heteroatoms. The lowest BCUT2D eigenvalue weighted by Crippen LogP contribution is -2.83. The highest BCUT2D eigenvalue weighted by Gasteiger charge is 2.90. The van der Waals surface area contributed by atoms with Crippen LogP contribution < -0.4 is 0 Å². The van der Waals surface area contributed by atoms with Crippen LogP contribution in [0.4, 0.5) is 0 Å². The Balaban J connectivity index is 1.37. The zero-order valence-corrected chi connectivity index (χ0v) is 26.1. The Labute approximate surface area is 256 Å². The van der Waals surface area contributed by atoms with Crippen LogP contribution in [0.25, 0.3) is 0 Å². The van der Waals surface area contributed by atoms with Crippen LogP contribution >= 0.6 is 0 Å². The number of esters is 2. The number of hydrogen-bond donors (Lipinski definition) is 3. The zero-order chi connectivity index (χ0) is 31.8. The van der Waals surface area contributed by atoms with E-state index in [1.165, 1.54) is 6.92 Å². The van der Waals surface area contributed by atoms with Gasteiger partial charge in [-0.3, -0.25) is 14.4 Å². The third-order valence-electron chi connectivity index (χ3n) is 13.4. The Morgan fingerprint density at radius 3 is 2.50 bits per heavy atom. The molecule has 6 fully saturated rings. The molecule has 4 saturated carbocycles. The lowest BCUT2D eigenvalue weighted by atomic mass is 9.33. The summed E-state index contributed by atoms with van der Waals surface area (Å²) in [5, 5.41) is 36.2. The van der Waals surface area contributed by atoms with Crippen molar-refractivity contribution in [3.63, 3.8) is 0 Å². The summed E-state index contributed by atoms with van der Waals surface area (Å²) in [6, 6.07) is 1.91. The van der Waals surface area contributed by atoms with Gasteiger partial charge in [-0.25, -0.2) is 0 Å². The van der Waals surface area contributed by atoms with Crippen LogP contribution in [-0.4, -0.2) is 82.1 Å². The van der Waals surface area contributed by atoms with Gasteiger partial charge in [0, 0.05) is 35.5 Å². The quantitative estimate of drug-likeness (QED) is 0.329. The van der Waals surface area contributed by atoms with Gasteiger partial charge in [0.2, 0.25) is 6.29 Å². The molecule has 3 heterocycles. The Hall–Kier alpha value is -2.31. The van der Waals surface area contributed by atoms with Gasteiger partial charge < -0.3 is 38.7 Å². The second kappa shape index (κ2) is 9.37. The van der Waals surface area contributed by atoms with Crippen LogP contribution in [0.1, 0.15) is 78.7 Å². The second-order valence-electron chi connectivity index (χ2n) is 15.1. The predicted molar refractivity (Wildman–Crippen MR) is 151 cm³/mol. The molecule has 0 aromatic carbocycles. The minimum atomic E-state index is -1.61. The molecule has 6 aliphatic rings. The number of carbonyl (C=O) groups excluding carboxylic acids is 3. The van der Waals surface area contributed by atoms with E-state index in [-0.39, 0.29) is 37.3 Å². The molecule has 2 bridgehead atoms. The summed E-state index contributed by atoms with van der Waals surface area (Å²) in [7, 11) is 0. The van der Waals surface area contributed by atoms with E-state index < -0.39 is 87.7 Å². The SMILES string of the molecule is CCC(C)C(=O)OC1OC[C@@]23[C@H]4C(=O)C[C@@]5(C)[C@H](c6ccoc6)C[C@H]6O[C@]65[C@]4(C)[C@H](O)C[C@H]2[C@]1(C)[C@H](OC(C)=O)[C@H](O)[C@@H]3O. The largest absolute Gasteiger partial charge is 0.472 e. The number of fused-ring (bicyclic) bond motifs is 1. The van der Waals surface area contributed by atoms with E-state index >= 15 is 0 Å². The molecule has 2 aliphatic heterocycles. The Bertz CT molecular complexity index is 1380. The smallest absolute Gasteiger partial charge is 0.310 e. The summed E-state index contributed by atoms with van der Waals surface area (Å²) >= 11 is 0. The van der Waals surface area contributed by atoms with Gasteiger partial charge in [0.25, 0.3) is 0 Å². The summed E-state index contributed by atoms with van der Waals surface area (Å²) < 4.78 is 30.0. The molecule has 1 aromatic heterocycles. The van der Waals surface area contributed by atoms with E-state index in [2.05, 4.69) is 6.92 Å². The number of epoxide rings is 1. The highest BCUT2D eigenvalue weighted by molar-refractivity contribution is 5.87. The number of furan rings is 1. The van der Waals surface area contributed by atoms with Crippen molar-refractivity contribution in [2.75, 3.05) is 6.61 Å². The van der Waals surface area contributed by atoms with Crippen molar-refractivity contribution < 1.29 is 53.1 Å². The number of hydrogen-bond acceptors (Lipinski definition) is 11. The number of rotatable bonds is 5. The highest BCUT2D eigenvalue weighted by atomic mass is 16.7. The van der Waals surface area contributed by atoms with Gasteiger partial charge in [0.05, 0.1) is 48.8 Å². The first-order valence-electron chi connectivity index (χ1n) is 15.9. The molecule has 11 nitrogen and oxygen atoms in total. The molecule has 1 spiro atoms. The van der Waals surface area contributed by atoms with E-state index in [0.29, 0.717) is 12.8 Å². The normalized spacial score (nSPS) is 52.6. The highest BCUT2D eigenvalue weighted by Crippen LogP contribution is 2.82. The first kappa shape index (κ1) is 30.3. The molecule has 4 aliphatic carbocycles. The van der Waals surface area contributed by atoms with Crippen LogP contribution in [0.2, 0.25) is 0 Å². The molecule has 15 atom stereocenters. The summed E-state index contributed by atoms with van der Waals surface area (Å²) in [4.78, 5) is 40.2. The molecular weight excluding hydrogens is 572 g/mol. The maximum absolute atomic E-state index is 14.7. The Morgan fingerprint density at radius 2 is 1.86 bits per heavy atom. The van der Waals surface area contributed by atoms with Crippen molar-refractivity contribution in [3.05, 3.63) is 24.2 Å². The van der Waals surface area contributed by atoms with Gasteiger partial charge in [-0.05, 0) is 49.7 Å². The first-order valence-corrected chi connectivity index (χ1v) is 15.9. The van der Waals surface area contributed by atoms with Crippen molar-refractivity contribution in [1.82, 2.24) is 0 Å². The van der Waals surface area contributed by atoms with Gasteiger partial charge in [0.15, 0.2) is 0 Å². The second-order valence-corrected chi connectivity index (χ2v) is 15.1. The standard InChI is InChI=1S/C33H44O11/c1-7-15(2)27(39)43-28-30(5)20-11-21(36)31(6)24(32(20,14-41-28)25(38)23(37)26(30)42-16(3)34)19(35)12-29(4)18(17-8-9-40-13-17)10-22-33(29,31)44-22/h8-9,13,15,18,20-26,28,36-38H,7,10-12,14H2,1-6H3/t15?,18-,20-,21+,22+,23+,24-,25-,26+,28?,29-,30+,31+,32-,33+/m0/s1. The molecular formula is C33H44O11. The molecule has 44 heavy (non-hydrogen) atoms. The maximum atomic E-state index is 14.7. The van der Waals surface area contributed by atoms with Crippen LogP contribution in [-0.2, 0) is 33.3 Å². The number of Topliss-reactive ketones (excluding diaryl/α,β-unsaturated/α-hetero) is 1. The fraction of sp³-hybridized carbons (Fsp3) is 0.788. The maximum Gasteiger partial charge on any atom is 0.310 e. The lowest BCUT2D eigenvalue weighted by molar-refractivity contribution is -0.389. The predicted octanol–water partition coefficient (Wildman–Crippen LogP) is 2.49. The number of aliphatic hydroxyl groups excluding tert-OH is 3. The van der Waals surface area contributed by atoms with E-state index in [1.807, 2.05) is 19.9 Å². The third-order valence-corrected chi connectivity index (χ3v) is 13.4. The van der Waals surface area contributed by atoms with E-state index in [4.69, 9.17) is 23.4 Å². The van der Waals surface area contributed by atoms with E-state index in [9.17, 15) is 29.7 Å². The number of ether oxygens (including phenoxy) is 4. The van der Waals surface area contributed by atoms with Gasteiger partial charge >= 0.3 is 11.9 Å². The third kappa shape index (κ3) is 3.27. The van der Waals surface area contributed by atoms with Crippen molar-refractivity contribution >= 4 is 17.7 Å². The van der Waals surface area contributed by atoms with Crippen molar-refractivity contribution in [2.45, 2.75) is 116 Å². The van der Waals surface area contributed by atoms with Gasteiger partial charge in [-0.1, -0.05) is 27.7 Å². The Morgan fingerprint density at radius 1 is 1.14 bits per heavy atom. The number of aliphatic hydroxyl groups is 3. The summed E-state index contributed by atoms with van der Waals surface area (Å²) in [6.07, 6.45) is -2.27. The molecule has 0 radical (unpaired) electrons. The zero-order valence-electron chi connectivity index (χ0n) is 26.1. The van der Waals surface area contributed by atoms with Crippen molar-refractivity contribution in [2.24, 2.45) is 39.4 Å². The minimum Gasteiger partial charge on any atom is -0.472 e. The summed E-state index contributed by atoms with van der Waals surface area (Å²) in [5.41, 5.74) is -4.46. The van der Waals surface area contributed by atoms with E-state index in [1.54, 1.807) is 26.4 Å². The fourth-order valence-electron chi connectivity index (χ4n) is 11.3. The molecule has 3 N–H and O–H groups in total. The minimum absolute atomic E-state index is 0.0309.